The lowest BCUT2D eigenvalue weighted by Crippen LogP contribution is -2.40. The zero-order valence-electron chi connectivity index (χ0n) is 14.0. The van der Waals surface area contributed by atoms with Crippen molar-refractivity contribution < 1.29 is 9.59 Å². The minimum atomic E-state index is -0.162. The largest absolute Gasteiger partial charge is 0.274 e. The van der Waals surface area contributed by atoms with Gasteiger partial charge in [0.2, 0.25) is 0 Å². The van der Waals surface area contributed by atoms with Crippen molar-refractivity contribution in [2.75, 3.05) is 6.54 Å². The number of carbonyl (C=O) groups is 2. The molecule has 0 unspecified atom stereocenters. The van der Waals surface area contributed by atoms with Gasteiger partial charge < -0.3 is 0 Å². The van der Waals surface area contributed by atoms with E-state index in [0.717, 1.165) is 28.1 Å². The molecule has 0 saturated carbocycles. The molecule has 3 rings (SSSR count). The van der Waals surface area contributed by atoms with Gasteiger partial charge in [0.1, 0.15) is 0 Å². The van der Waals surface area contributed by atoms with Crippen molar-refractivity contribution in [2.24, 2.45) is 0 Å². The average Bonchev–Trinajstić information content (AvgIpc) is 2.59. The van der Waals surface area contributed by atoms with Crippen LogP contribution in [0.3, 0.4) is 0 Å². The molecule has 3 nitrogen and oxygen atoms in total. The molecule has 0 fully saturated rings. The molecule has 4 heteroatoms. The van der Waals surface area contributed by atoms with E-state index in [9.17, 15) is 9.59 Å². The minimum absolute atomic E-state index is 0.162. The molecule has 126 valence electrons. The first kappa shape index (κ1) is 17.2. The smallest absolute Gasteiger partial charge is 0.261 e. The fourth-order valence-electron chi connectivity index (χ4n) is 3.36. The van der Waals surface area contributed by atoms with Crippen LogP contribution < -0.4 is 0 Å². The summed E-state index contributed by atoms with van der Waals surface area (Å²) in [6, 6.07) is 9.34. The van der Waals surface area contributed by atoms with Crippen LogP contribution in [0.4, 0.5) is 0 Å². The number of carbonyl (C=O) groups excluding carboxylic acids is 2. The predicted octanol–water partition coefficient (Wildman–Crippen LogP) is 5.56. The standard InChI is InChI=1S/C20H22BrNO2/c1-2-3-4-5-6-7-13-22-19(23)15-10-8-9-14-17(21)12-11-16(18(14)15)20(22)24/h8-12H,2-7,13H2,1H3. The van der Waals surface area contributed by atoms with Crippen LogP contribution in [-0.2, 0) is 0 Å². The lowest BCUT2D eigenvalue weighted by Gasteiger charge is -2.27. The summed E-state index contributed by atoms with van der Waals surface area (Å²) in [5.74, 6) is -0.325. The van der Waals surface area contributed by atoms with Gasteiger partial charge in [-0.15, -0.1) is 0 Å². The molecule has 1 aliphatic rings. The summed E-state index contributed by atoms with van der Waals surface area (Å²) < 4.78 is 0.910. The van der Waals surface area contributed by atoms with Crippen LogP contribution in [0.25, 0.3) is 10.8 Å². The third-order valence-electron chi connectivity index (χ3n) is 4.67. The number of amides is 2. The second-order valence-corrected chi connectivity index (χ2v) is 7.21. The number of rotatable bonds is 7. The van der Waals surface area contributed by atoms with Crippen molar-refractivity contribution in [3.8, 4) is 0 Å². The van der Waals surface area contributed by atoms with E-state index in [-0.39, 0.29) is 11.8 Å². The molecule has 0 spiro atoms. The Kier molecular flexibility index (Phi) is 5.34. The molecule has 0 radical (unpaired) electrons. The summed E-state index contributed by atoms with van der Waals surface area (Å²) in [6.45, 7) is 2.71. The molecule has 24 heavy (non-hydrogen) atoms. The van der Waals surface area contributed by atoms with E-state index >= 15 is 0 Å². The lowest BCUT2D eigenvalue weighted by atomic mass is 9.94. The van der Waals surface area contributed by atoms with Gasteiger partial charge in [0.25, 0.3) is 11.8 Å². The molecule has 2 aromatic rings. The van der Waals surface area contributed by atoms with Crippen LogP contribution in [0.5, 0.6) is 0 Å². The Hall–Kier alpha value is -1.68. The molecule has 0 N–H and O–H groups in total. The van der Waals surface area contributed by atoms with Crippen molar-refractivity contribution >= 4 is 38.5 Å². The molecule has 0 aliphatic carbocycles. The van der Waals surface area contributed by atoms with Gasteiger partial charge in [-0.25, -0.2) is 0 Å². The number of hydrogen-bond acceptors (Lipinski definition) is 2. The zero-order valence-corrected chi connectivity index (χ0v) is 15.6. The predicted molar refractivity (Wildman–Crippen MR) is 100 cm³/mol. The van der Waals surface area contributed by atoms with Crippen LogP contribution in [0.1, 0.15) is 66.2 Å². The van der Waals surface area contributed by atoms with E-state index in [1.807, 2.05) is 30.3 Å². The average molecular weight is 388 g/mol. The molecule has 2 aromatic carbocycles. The number of hydrogen-bond donors (Lipinski definition) is 0. The highest BCUT2D eigenvalue weighted by Gasteiger charge is 2.32. The van der Waals surface area contributed by atoms with Gasteiger partial charge in [0.15, 0.2) is 0 Å². The highest BCUT2D eigenvalue weighted by molar-refractivity contribution is 9.10. The molecule has 0 atom stereocenters. The Morgan fingerprint density at radius 1 is 0.875 bits per heavy atom. The molecular formula is C20H22BrNO2. The monoisotopic (exact) mass is 387 g/mol. The first-order valence-corrected chi connectivity index (χ1v) is 9.52. The highest BCUT2D eigenvalue weighted by atomic mass is 79.9. The molecule has 1 heterocycles. The van der Waals surface area contributed by atoms with Gasteiger partial charge in [-0.2, -0.15) is 0 Å². The number of unbranched alkanes of at least 4 members (excludes halogenated alkanes) is 5. The van der Waals surface area contributed by atoms with Gasteiger partial charge in [0.05, 0.1) is 0 Å². The Morgan fingerprint density at radius 2 is 1.54 bits per heavy atom. The van der Waals surface area contributed by atoms with Crippen molar-refractivity contribution in [3.63, 3.8) is 0 Å². The van der Waals surface area contributed by atoms with Crippen molar-refractivity contribution in [1.29, 1.82) is 0 Å². The molecule has 0 bridgehead atoms. The minimum Gasteiger partial charge on any atom is -0.274 e. The second-order valence-electron chi connectivity index (χ2n) is 6.35. The summed E-state index contributed by atoms with van der Waals surface area (Å²) in [7, 11) is 0. The molecule has 2 amide bonds. The highest BCUT2D eigenvalue weighted by Crippen LogP contribution is 2.34. The van der Waals surface area contributed by atoms with Crippen molar-refractivity contribution in [1.82, 2.24) is 4.90 Å². The van der Waals surface area contributed by atoms with Crippen LogP contribution in [-0.4, -0.2) is 23.3 Å². The van der Waals surface area contributed by atoms with Crippen LogP contribution >= 0.6 is 15.9 Å². The Labute approximate surface area is 151 Å². The third kappa shape index (κ3) is 3.12. The van der Waals surface area contributed by atoms with Gasteiger partial charge >= 0.3 is 0 Å². The van der Waals surface area contributed by atoms with E-state index in [1.54, 1.807) is 0 Å². The summed E-state index contributed by atoms with van der Waals surface area (Å²) in [5.41, 5.74) is 1.27. The summed E-state index contributed by atoms with van der Waals surface area (Å²) in [4.78, 5) is 27.0. The Morgan fingerprint density at radius 3 is 2.29 bits per heavy atom. The Bertz CT molecular complexity index is 762. The first-order chi connectivity index (χ1) is 11.6. The van der Waals surface area contributed by atoms with E-state index in [1.165, 1.54) is 30.6 Å². The number of benzene rings is 2. The quantitative estimate of drug-likeness (QED) is 0.460. The first-order valence-electron chi connectivity index (χ1n) is 8.72. The van der Waals surface area contributed by atoms with Crippen LogP contribution in [0.15, 0.2) is 34.8 Å². The van der Waals surface area contributed by atoms with E-state index in [0.29, 0.717) is 17.7 Å². The van der Waals surface area contributed by atoms with Gasteiger partial charge in [-0.05, 0) is 30.0 Å². The normalized spacial score (nSPS) is 13.8. The fraction of sp³-hybridized carbons (Fsp3) is 0.400. The van der Waals surface area contributed by atoms with Crippen LogP contribution in [0.2, 0.25) is 0 Å². The van der Waals surface area contributed by atoms with Gasteiger partial charge in [-0.1, -0.05) is 67.1 Å². The second kappa shape index (κ2) is 7.47. The van der Waals surface area contributed by atoms with E-state index < -0.39 is 0 Å². The lowest BCUT2D eigenvalue weighted by molar-refractivity contribution is 0.0607. The molecule has 1 aliphatic heterocycles. The van der Waals surface area contributed by atoms with Crippen molar-refractivity contribution in [3.05, 3.63) is 45.9 Å². The molecular weight excluding hydrogens is 366 g/mol. The number of nitrogens with zero attached hydrogens (tertiary/aromatic N) is 1. The topological polar surface area (TPSA) is 37.4 Å². The maximum atomic E-state index is 12.8. The Balaban J connectivity index is 1.80. The summed E-state index contributed by atoms with van der Waals surface area (Å²) >= 11 is 3.51. The van der Waals surface area contributed by atoms with E-state index in [4.69, 9.17) is 0 Å². The molecule has 0 saturated heterocycles. The fourth-order valence-corrected chi connectivity index (χ4v) is 3.83. The van der Waals surface area contributed by atoms with E-state index in [2.05, 4.69) is 22.9 Å². The number of imide groups is 1. The summed E-state index contributed by atoms with van der Waals surface area (Å²) in [6.07, 6.45) is 6.82. The van der Waals surface area contributed by atoms with Crippen molar-refractivity contribution in [2.45, 2.75) is 45.4 Å². The third-order valence-corrected chi connectivity index (χ3v) is 5.37. The zero-order chi connectivity index (χ0) is 17.1. The summed E-state index contributed by atoms with van der Waals surface area (Å²) in [5, 5.41) is 1.70. The maximum absolute atomic E-state index is 12.8. The molecule has 0 aromatic heterocycles. The number of halogens is 1. The SMILES string of the molecule is CCCCCCCCN1C(=O)c2cccc3c(Br)ccc(c23)C1=O. The van der Waals surface area contributed by atoms with Gasteiger partial charge in [0, 0.05) is 27.5 Å². The van der Waals surface area contributed by atoms with Gasteiger partial charge in [-0.3, -0.25) is 14.5 Å². The van der Waals surface area contributed by atoms with Crippen LogP contribution in [0, 0.1) is 0 Å². The maximum Gasteiger partial charge on any atom is 0.261 e.